The van der Waals surface area contributed by atoms with Crippen LogP contribution in [0.15, 0.2) is 0 Å². The van der Waals surface area contributed by atoms with Crippen LogP contribution >= 0.6 is 0 Å². The number of likely N-dealkylation sites (N-methyl/N-ethyl adjacent to an activating group) is 1. The van der Waals surface area contributed by atoms with Gasteiger partial charge in [0.2, 0.25) is 11.8 Å². The highest BCUT2D eigenvalue weighted by Gasteiger charge is 2.15. The van der Waals surface area contributed by atoms with E-state index in [2.05, 4.69) is 5.32 Å². The number of nitrogens with zero attached hydrogens (tertiary/aromatic N) is 1. The number of rotatable bonds is 5. The molecule has 0 rings (SSSR count). The molecule has 0 saturated carbocycles. The zero-order valence-electron chi connectivity index (χ0n) is 9.04. The zero-order chi connectivity index (χ0) is 11.1. The Morgan fingerprint density at radius 1 is 1.43 bits per heavy atom. The van der Waals surface area contributed by atoms with Gasteiger partial charge in [-0.25, -0.2) is 0 Å². The van der Waals surface area contributed by atoms with E-state index in [0.29, 0.717) is 13.0 Å². The van der Waals surface area contributed by atoms with Gasteiger partial charge >= 0.3 is 0 Å². The summed E-state index contributed by atoms with van der Waals surface area (Å²) < 4.78 is 0. The first-order chi connectivity index (χ1) is 6.52. The van der Waals surface area contributed by atoms with Crippen molar-refractivity contribution in [3.8, 4) is 0 Å². The summed E-state index contributed by atoms with van der Waals surface area (Å²) in [6, 6.07) is 0. The fourth-order valence-corrected chi connectivity index (χ4v) is 0.924. The summed E-state index contributed by atoms with van der Waals surface area (Å²) in [5.41, 5.74) is 5.39. The van der Waals surface area contributed by atoms with Crippen molar-refractivity contribution >= 4 is 11.8 Å². The molecular formula is C9H19N3O2. The highest BCUT2D eigenvalue weighted by molar-refractivity contribution is 5.85. The average Bonchev–Trinajstić information content (AvgIpc) is 2.15. The van der Waals surface area contributed by atoms with Gasteiger partial charge in [-0.05, 0) is 6.42 Å². The molecule has 0 aliphatic rings. The lowest BCUT2D eigenvalue weighted by Gasteiger charge is -2.14. The van der Waals surface area contributed by atoms with Crippen molar-refractivity contribution in [2.45, 2.75) is 13.3 Å². The molecular weight excluding hydrogens is 182 g/mol. The Kier molecular flexibility index (Phi) is 5.87. The normalized spacial score (nSPS) is 12.0. The van der Waals surface area contributed by atoms with E-state index >= 15 is 0 Å². The lowest BCUT2D eigenvalue weighted by atomic mass is 10.1. The highest BCUT2D eigenvalue weighted by atomic mass is 16.2. The second kappa shape index (κ2) is 6.37. The maximum absolute atomic E-state index is 11.4. The Bertz CT molecular complexity index is 200. The first-order valence-electron chi connectivity index (χ1n) is 4.70. The summed E-state index contributed by atoms with van der Waals surface area (Å²) in [4.78, 5) is 23.9. The van der Waals surface area contributed by atoms with Gasteiger partial charge in [0.1, 0.15) is 0 Å². The molecule has 0 radical (unpaired) electrons. The summed E-state index contributed by atoms with van der Waals surface area (Å²) in [5, 5.41) is 2.56. The van der Waals surface area contributed by atoms with Gasteiger partial charge in [0, 0.05) is 26.6 Å². The Balaban J connectivity index is 3.89. The minimum absolute atomic E-state index is 0.0440. The standard InChI is InChI=1S/C9H19N3O2/c1-4-7(5-10)9(14)11-6-8(13)12(2)3/h7H,4-6,10H2,1-3H3,(H,11,14). The molecule has 0 fully saturated rings. The number of carbonyl (C=O) groups excluding carboxylic acids is 2. The zero-order valence-corrected chi connectivity index (χ0v) is 9.04. The van der Waals surface area contributed by atoms with E-state index in [1.165, 1.54) is 4.90 Å². The second-order valence-corrected chi connectivity index (χ2v) is 3.35. The molecule has 2 amide bonds. The number of hydrogen-bond donors (Lipinski definition) is 2. The number of nitrogens with two attached hydrogens (primary N) is 1. The maximum Gasteiger partial charge on any atom is 0.241 e. The molecule has 1 atom stereocenters. The average molecular weight is 201 g/mol. The largest absolute Gasteiger partial charge is 0.347 e. The molecule has 82 valence electrons. The Hall–Kier alpha value is -1.10. The van der Waals surface area contributed by atoms with Gasteiger partial charge in [-0.15, -0.1) is 0 Å². The SMILES string of the molecule is CCC(CN)C(=O)NCC(=O)N(C)C. The van der Waals surface area contributed by atoms with E-state index in [9.17, 15) is 9.59 Å². The van der Waals surface area contributed by atoms with E-state index in [-0.39, 0.29) is 24.3 Å². The maximum atomic E-state index is 11.4. The number of carbonyl (C=O) groups is 2. The van der Waals surface area contributed by atoms with Crippen molar-refractivity contribution in [3.05, 3.63) is 0 Å². The van der Waals surface area contributed by atoms with Gasteiger partial charge in [-0.1, -0.05) is 6.92 Å². The first-order valence-corrected chi connectivity index (χ1v) is 4.70. The quantitative estimate of drug-likeness (QED) is 0.610. The van der Waals surface area contributed by atoms with Crippen molar-refractivity contribution in [1.82, 2.24) is 10.2 Å². The van der Waals surface area contributed by atoms with Gasteiger partial charge < -0.3 is 16.0 Å². The van der Waals surface area contributed by atoms with Crippen molar-refractivity contribution < 1.29 is 9.59 Å². The van der Waals surface area contributed by atoms with E-state index < -0.39 is 0 Å². The van der Waals surface area contributed by atoms with Crippen molar-refractivity contribution in [2.75, 3.05) is 27.2 Å². The van der Waals surface area contributed by atoms with Crippen LogP contribution in [0.3, 0.4) is 0 Å². The minimum atomic E-state index is -0.190. The van der Waals surface area contributed by atoms with Crippen LogP contribution in [0.2, 0.25) is 0 Å². The van der Waals surface area contributed by atoms with Gasteiger partial charge in [-0.3, -0.25) is 9.59 Å². The van der Waals surface area contributed by atoms with Crippen LogP contribution in [-0.4, -0.2) is 43.9 Å². The van der Waals surface area contributed by atoms with Gasteiger partial charge in [-0.2, -0.15) is 0 Å². The Labute approximate surface area is 84.6 Å². The van der Waals surface area contributed by atoms with Gasteiger partial charge in [0.25, 0.3) is 0 Å². The van der Waals surface area contributed by atoms with Gasteiger partial charge in [0.15, 0.2) is 0 Å². The lowest BCUT2D eigenvalue weighted by molar-refractivity contribution is -0.132. The topological polar surface area (TPSA) is 75.4 Å². The van der Waals surface area contributed by atoms with E-state index in [0.717, 1.165) is 0 Å². The molecule has 0 aliphatic heterocycles. The fraction of sp³-hybridized carbons (Fsp3) is 0.778. The lowest BCUT2D eigenvalue weighted by Crippen LogP contribution is -2.40. The summed E-state index contributed by atoms with van der Waals surface area (Å²) in [6.45, 7) is 2.26. The predicted octanol–water partition coefficient (Wildman–Crippen LogP) is -0.824. The number of nitrogens with one attached hydrogen (secondary N) is 1. The molecule has 14 heavy (non-hydrogen) atoms. The van der Waals surface area contributed by atoms with Crippen LogP contribution in [0.5, 0.6) is 0 Å². The molecule has 5 nitrogen and oxygen atoms in total. The predicted molar refractivity (Wildman–Crippen MR) is 54.5 cm³/mol. The molecule has 3 N–H and O–H groups in total. The van der Waals surface area contributed by atoms with Crippen LogP contribution in [0.4, 0.5) is 0 Å². The molecule has 0 aromatic heterocycles. The minimum Gasteiger partial charge on any atom is -0.347 e. The van der Waals surface area contributed by atoms with Crippen LogP contribution in [0.1, 0.15) is 13.3 Å². The number of hydrogen-bond acceptors (Lipinski definition) is 3. The Morgan fingerprint density at radius 2 is 2.00 bits per heavy atom. The molecule has 0 aromatic carbocycles. The third-order valence-corrected chi connectivity index (χ3v) is 2.06. The first kappa shape index (κ1) is 12.9. The molecule has 0 heterocycles. The molecule has 0 bridgehead atoms. The highest BCUT2D eigenvalue weighted by Crippen LogP contribution is 1.98. The van der Waals surface area contributed by atoms with Crippen LogP contribution in [-0.2, 0) is 9.59 Å². The molecule has 0 spiro atoms. The molecule has 0 aromatic rings. The number of amides is 2. The van der Waals surface area contributed by atoms with E-state index in [1.807, 2.05) is 6.92 Å². The molecule has 5 heteroatoms. The van der Waals surface area contributed by atoms with Crippen LogP contribution in [0.25, 0.3) is 0 Å². The Morgan fingerprint density at radius 3 is 2.36 bits per heavy atom. The smallest absolute Gasteiger partial charge is 0.241 e. The summed E-state index contributed by atoms with van der Waals surface area (Å²) in [6.07, 6.45) is 0.693. The van der Waals surface area contributed by atoms with Gasteiger partial charge in [0.05, 0.1) is 6.54 Å². The summed E-state index contributed by atoms with van der Waals surface area (Å²) in [5.74, 6) is -0.458. The fourth-order valence-electron chi connectivity index (χ4n) is 0.924. The third-order valence-electron chi connectivity index (χ3n) is 2.06. The third kappa shape index (κ3) is 4.23. The van der Waals surface area contributed by atoms with E-state index in [1.54, 1.807) is 14.1 Å². The molecule has 0 aliphatic carbocycles. The second-order valence-electron chi connectivity index (χ2n) is 3.35. The van der Waals surface area contributed by atoms with Crippen LogP contribution < -0.4 is 11.1 Å². The van der Waals surface area contributed by atoms with E-state index in [4.69, 9.17) is 5.73 Å². The van der Waals surface area contributed by atoms with Crippen LogP contribution in [0, 0.1) is 5.92 Å². The van der Waals surface area contributed by atoms with Crippen molar-refractivity contribution in [3.63, 3.8) is 0 Å². The van der Waals surface area contributed by atoms with Crippen molar-refractivity contribution in [2.24, 2.45) is 11.7 Å². The summed E-state index contributed by atoms with van der Waals surface area (Å²) in [7, 11) is 3.30. The molecule has 1 unspecified atom stereocenters. The summed E-state index contributed by atoms with van der Waals surface area (Å²) >= 11 is 0. The van der Waals surface area contributed by atoms with Crippen molar-refractivity contribution in [1.29, 1.82) is 0 Å². The monoisotopic (exact) mass is 201 g/mol. The molecule has 0 saturated heterocycles.